The minimum absolute atomic E-state index is 0.250. The third kappa shape index (κ3) is 15.3. The molecule has 0 radical (unpaired) electrons. The molecule has 6 N–H and O–H groups in total. The van der Waals surface area contributed by atoms with Gasteiger partial charge in [0.2, 0.25) is 6.41 Å². The van der Waals surface area contributed by atoms with Gasteiger partial charge in [0.25, 0.3) is 0 Å². The van der Waals surface area contributed by atoms with Crippen molar-refractivity contribution in [1.29, 1.82) is 0 Å². The second-order valence-electron chi connectivity index (χ2n) is 8.37. The number of anilines is 3. The first-order valence-corrected chi connectivity index (χ1v) is 12.7. The van der Waals surface area contributed by atoms with Gasteiger partial charge in [-0.1, -0.05) is 23.7 Å². The Hall–Kier alpha value is -3.80. The van der Waals surface area contributed by atoms with Gasteiger partial charge >= 0.3 is 0 Å². The smallest absolute Gasteiger partial charge is 0.204 e. The van der Waals surface area contributed by atoms with Crippen LogP contribution >= 0.6 is 0 Å². The molecule has 11 nitrogen and oxygen atoms in total. The van der Waals surface area contributed by atoms with E-state index in [0.29, 0.717) is 24.4 Å². The molecule has 2 aromatic rings. The molecule has 1 heterocycles. The van der Waals surface area contributed by atoms with Crippen LogP contribution < -0.4 is 21.7 Å². The van der Waals surface area contributed by atoms with E-state index in [9.17, 15) is 4.79 Å². The Bertz CT molecular complexity index is 967. The summed E-state index contributed by atoms with van der Waals surface area (Å²) in [6.45, 7) is 9.94. The largest absolute Gasteiger partial charge is 0.411 e. The molecule has 11 heteroatoms. The summed E-state index contributed by atoms with van der Waals surface area (Å²) in [7, 11) is 3.65. The minimum Gasteiger partial charge on any atom is -0.411 e. The van der Waals surface area contributed by atoms with E-state index in [-0.39, 0.29) is 6.41 Å². The number of hydrogen-bond acceptors (Lipinski definition) is 10. The highest BCUT2D eigenvalue weighted by Gasteiger charge is 2.08. The lowest BCUT2D eigenvalue weighted by Gasteiger charge is -2.25. The molecule has 0 atom stereocenters. The number of amides is 1. The molecule has 0 saturated carbocycles. The van der Waals surface area contributed by atoms with Crippen molar-refractivity contribution in [2.75, 3.05) is 64.1 Å². The summed E-state index contributed by atoms with van der Waals surface area (Å²) in [6, 6.07) is 13.0. The van der Waals surface area contributed by atoms with Gasteiger partial charge in [-0.2, -0.15) is 0 Å². The molecule has 1 fully saturated rings. The predicted molar refractivity (Wildman–Crippen MR) is 158 cm³/mol. The highest BCUT2D eigenvalue weighted by molar-refractivity contribution is 5.99. The Labute approximate surface area is 231 Å². The molecule has 2 aromatic carbocycles. The number of ether oxygens (including phenoxy) is 1. The summed E-state index contributed by atoms with van der Waals surface area (Å²) < 4.78 is 4.99. The SMILES string of the molecule is C=O.CNCCN1CCCCC1.COCCNc1ccc(Nc2cccc(/C(C)=N\O)c2)cc1C=O.NC=O. The van der Waals surface area contributed by atoms with Gasteiger partial charge in [0.05, 0.1) is 12.3 Å². The first-order chi connectivity index (χ1) is 19.0. The Balaban J connectivity index is 0.000000796. The summed E-state index contributed by atoms with van der Waals surface area (Å²) in [5, 5.41) is 21.7. The van der Waals surface area contributed by atoms with Crippen LogP contribution in [-0.2, 0) is 14.3 Å². The van der Waals surface area contributed by atoms with Crippen LogP contribution in [-0.4, -0.2) is 88.8 Å². The van der Waals surface area contributed by atoms with Crippen LogP contribution in [0.15, 0.2) is 47.6 Å². The third-order valence-electron chi connectivity index (χ3n) is 5.65. The van der Waals surface area contributed by atoms with Crippen molar-refractivity contribution in [1.82, 2.24) is 10.2 Å². The number of piperidine rings is 1. The zero-order valence-electron chi connectivity index (χ0n) is 23.3. The van der Waals surface area contributed by atoms with Crippen molar-refractivity contribution in [2.24, 2.45) is 10.9 Å². The second-order valence-corrected chi connectivity index (χ2v) is 8.37. The average Bonchev–Trinajstić information content (AvgIpc) is 2.99. The number of carbonyl (C=O) groups is 3. The van der Waals surface area contributed by atoms with Gasteiger partial charge in [-0.25, -0.2) is 0 Å². The summed E-state index contributed by atoms with van der Waals surface area (Å²) >= 11 is 0. The van der Waals surface area contributed by atoms with Crippen LogP contribution in [0.2, 0.25) is 0 Å². The van der Waals surface area contributed by atoms with Crippen LogP contribution in [0, 0.1) is 0 Å². The number of likely N-dealkylation sites (N-methyl/N-ethyl adjacent to an activating group) is 1. The number of oxime groups is 1. The number of nitrogens with zero attached hydrogens (tertiary/aromatic N) is 2. The fourth-order valence-electron chi connectivity index (χ4n) is 3.69. The van der Waals surface area contributed by atoms with Crippen molar-refractivity contribution in [3.05, 3.63) is 53.6 Å². The van der Waals surface area contributed by atoms with E-state index in [1.165, 1.54) is 38.9 Å². The standard InChI is InChI=1S/C18H21N3O3.C8H18N2.CH3NO.CH2O/c1-13(21-23)14-4-3-5-16(10-14)20-17-6-7-18(15(11-17)12-22)19-8-9-24-2;1-9-5-8-10-6-3-2-4-7-10;2-1-3;1-2/h3-7,10-12,19-20,23H,8-9H2,1-2H3;9H,2-8H2,1H3;1H,(H2,2,3);1H2/b21-13-;;;. The third-order valence-corrected chi connectivity index (χ3v) is 5.65. The number of methoxy groups -OCH3 is 1. The number of carbonyl (C=O) groups excluding carboxylic acids is 3. The van der Waals surface area contributed by atoms with E-state index >= 15 is 0 Å². The molecule has 1 saturated heterocycles. The minimum atomic E-state index is 0.250. The summed E-state index contributed by atoms with van der Waals surface area (Å²) in [4.78, 5) is 30.4. The van der Waals surface area contributed by atoms with E-state index in [2.05, 4.69) is 31.7 Å². The average molecular weight is 545 g/mol. The fraction of sp³-hybridized carbons (Fsp3) is 0.429. The monoisotopic (exact) mass is 544 g/mol. The van der Waals surface area contributed by atoms with E-state index in [1.54, 1.807) is 20.1 Å². The number of nitrogens with two attached hydrogens (primary N) is 1. The van der Waals surface area contributed by atoms with Crippen LogP contribution in [0.4, 0.5) is 17.1 Å². The maximum absolute atomic E-state index is 11.3. The van der Waals surface area contributed by atoms with Gasteiger partial charge in [0, 0.05) is 54.9 Å². The van der Waals surface area contributed by atoms with Crippen molar-refractivity contribution >= 4 is 42.3 Å². The van der Waals surface area contributed by atoms with Crippen molar-refractivity contribution < 1.29 is 24.3 Å². The number of aldehydes is 1. The molecule has 0 bridgehead atoms. The maximum atomic E-state index is 11.3. The van der Waals surface area contributed by atoms with Gasteiger partial charge in [-0.15, -0.1) is 0 Å². The number of nitrogens with one attached hydrogen (secondary N) is 3. The molecule has 216 valence electrons. The van der Waals surface area contributed by atoms with Gasteiger partial charge in [0.15, 0.2) is 6.29 Å². The predicted octanol–water partition coefficient (Wildman–Crippen LogP) is 3.11. The quantitative estimate of drug-likeness (QED) is 0.0942. The number of benzene rings is 2. The lowest BCUT2D eigenvalue weighted by atomic mass is 10.1. The highest BCUT2D eigenvalue weighted by Crippen LogP contribution is 2.23. The molecule has 0 aromatic heterocycles. The Morgan fingerprint density at radius 1 is 1.10 bits per heavy atom. The zero-order valence-corrected chi connectivity index (χ0v) is 23.3. The Kier molecular flexibility index (Phi) is 21.1. The van der Waals surface area contributed by atoms with E-state index < -0.39 is 0 Å². The first-order valence-electron chi connectivity index (χ1n) is 12.7. The molecule has 1 aliphatic heterocycles. The molecule has 0 unspecified atom stereocenters. The first kappa shape index (κ1) is 35.2. The molecule has 39 heavy (non-hydrogen) atoms. The maximum Gasteiger partial charge on any atom is 0.204 e. The molecular weight excluding hydrogens is 500 g/mol. The molecule has 3 rings (SSSR count). The summed E-state index contributed by atoms with van der Waals surface area (Å²) in [5.41, 5.74) is 8.49. The Morgan fingerprint density at radius 3 is 2.36 bits per heavy atom. The van der Waals surface area contributed by atoms with Gasteiger partial charge in [-0.05, 0) is 70.2 Å². The van der Waals surface area contributed by atoms with Crippen molar-refractivity contribution in [3.63, 3.8) is 0 Å². The van der Waals surface area contributed by atoms with Gasteiger partial charge in [0.1, 0.15) is 6.79 Å². The number of primary amides is 1. The topological polar surface area (TPSA) is 158 Å². The normalized spacial score (nSPS) is 12.7. The van der Waals surface area contributed by atoms with Crippen LogP contribution in [0.25, 0.3) is 0 Å². The van der Waals surface area contributed by atoms with Crippen molar-refractivity contribution in [2.45, 2.75) is 26.2 Å². The number of rotatable bonds is 11. The lowest BCUT2D eigenvalue weighted by Crippen LogP contribution is -2.34. The van der Waals surface area contributed by atoms with Crippen LogP contribution in [0.5, 0.6) is 0 Å². The van der Waals surface area contributed by atoms with Crippen LogP contribution in [0.3, 0.4) is 0 Å². The van der Waals surface area contributed by atoms with E-state index in [0.717, 1.165) is 35.5 Å². The lowest BCUT2D eigenvalue weighted by molar-refractivity contribution is -0.107. The van der Waals surface area contributed by atoms with Gasteiger partial charge < -0.3 is 41.3 Å². The summed E-state index contributed by atoms with van der Waals surface area (Å²) in [6.07, 6.45) is 5.32. The summed E-state index contributed by atoms with van der Waals surface area (Å²) in [5.74, 6) is 0. The number of likely N-dealkylation sites (tertiary alicyclic amines) is 1. The molecule has 1 amide bonds. The number of hydrogen-bond donors (Lipinski definition) is 5. The van der Waals surface area contributed by atoms with E-state index in [1.807, 2.05) is 50.2 Å². The molecule has 0 spiro atoms. The zero-order chi connectivity index (χ0) is 29.3. The highest BCUT2D eigenvalue weighted by atomic mass is 16.5. The van der Waals surface area contributed by atoms with Crippen LogP contribution in [0.1, 0.15) is 42.1 Å². The van der Waals surface area contributed by atoms with E-state index in [4.69, 9.17) is 19.5 Å². The fourth-order valence-corrected chi connectivity index (χ4v) is 3.69. The molecule has 1 aliphatic rings. The Morgan fingerprint density at radius 2 is 1.77 bits per heavy atom. The van der Waals surface area contributed by atoms with Crippen molar-refractivity contribution in [3.8, 4) is 0 Å². The van der Waals surface area contributed by atoms with Gasteiger partial charge in [-0.3, -0.25) is 9.59 Å². The molecule has 0 aliphatic carbocycles. The molecular formula is C28H44N6O5. The second kappa shape index (κ2) is 23.3.